The standard InChI is InChI=1S/C22H21FN6/c1-13-8-21(22-26-17-9-14(2)15(3)10-18(17)27-22)28(12-13)20-11-16(23)4-5-19(20)29-24-6-7-25-29/h4-7,9-11,21H,1,8,12H2,2-3H3,(H,26,27)/t21-/m0/s1. The molecule has 0 bridgehead atoms. The predicted octanol–water partition coefficient (Wildman–Crippen LogP) is 4.41. The molecule has 0 unspecified atom stereocenters. The lowest BCUT2D eigenvalue weighted by molar-refractivity contribution is 0.620. The van der Waals surface area contributed by atoms with E-state index in [2.05, 4.69) is 52.6 Å². The van der Waals surface area contributed by atoms with E-state index < -0.39 is 0 Å². The number of hydrogen-bond donors (Lipinski definition) is 1. The largest absolute Gasteiger partial charge is 0.355 e. The Balaban J connectivity index is 1.62. The topological polar surface area (TPSA) is 62.6 Å². The molecule has 1 aliphatic rings. The number of hydrogen-bond acceptors (Lipinski definition) is 4. The van der Waals surface area contributed by atoms with Crippen LogP contribution in [0, 0.1) is 19.7 Å². The minimum atomic E-state index is -0.303. The Hall–Kier alpha value is -3.48. The van der Waals surface area contributed by atoms with Crippen LogP contribution >= 0.6 is 0 Å². The molecule has 1 N–H and O–H groups in total. The van der Waals surface area contributed by atoms with Crippen LogP contribution in [0.2, 0.25) is 0 Å². The normalized spacial score (nSPS) is 16.9. The van der Waals surface area contributed by atoms with Crippen LogP contribution in [0.1, 0.15) is 29.4 Å². The molecule has 1 atom stereocenters. The number of halogens is 1. The second kappa shape index (κ2) is 6.55. The van der Waals surface area contributed by atoms with Gasteiger partial charge in [0, 0.05) is 6.54 Å². The first-order valence-corrected chi connectivity index (χ1v) is 9.56. The highest BCUT2D eigenvalue weighted by Crippen LogP contribution is 2.40. The monoisotopic (exact) mass is 388 g/mol. The molecular formula is C22H21FN6. The smallest absolute Gasteiger partial charge is 0.130 e. The number of benzene rings is 2. The van der Waals surface area contributed by atoms with Gasteiger partial charge in [-0.3, -0.25) is 0 Å². The van der Waals surface area contributed by atoms with Crippen LogP contribution in [0.4, 0.5) is 10.1 Å². The molecule has 1 saturated heterocycles. The molecule has 4 aromatic rings. The molecule has 3 heterocycles. The zero-order valence-electron chi connectivity index (χ0n) is 16.4. The maximum Gasteiger partial charge on any atom is 0.130 e. The second-order valence-corrected chi connectivity index (χ2v) is 7.63. The quantitative estimate of drug-likeness (QED) is 0.528. The Bertz CT molecular complexity index is 1180. The first-order chi connectivity index (χ1) is 14.0. The van der Waals surface area contributed by atoms with Crippen molar-refractivity contribution in [3.05, 3.63) is 77.6 Å². The van der Waals surface area contributed by atoms with E-state index in [1.54, 1.807) is 18.5 Å². The summed E-state index contributed by atoms with van der Waals surface area (Å²) in [4.78, 5) is 12.0. The third-order valence-electron chi connectivity index (χ3n) is 5.56. The number of nitrogens with zero attached hydrogens (tertiary/aromatic N) is 5. The molecule has 0 spiro atoms. The van der Waals surface area contributed by atoms with Gasteiger partial charge < -0.3 is 9.88 Å². The van der Waals surface area contributed by atoms with E-state index in [0.29, 0.717) is 6.54 Å². The van der Waals surface area contributed by atoms with Gasteiger partial charge >= 0.3 is 0 Å². The Morgan fingerprint density at radius 3 is 2.62 bits per heavy atom. The summed E-state index contributed by atoms with van der Waals surface area (Å²) < 4.78 is 14.2. The number of imidazole rings is 1. The molecule has 2 aromatic carbocycles. The summed E-state index contributed by atoms with van der Waals surface area (Å²) >= 11 is 0. The number of anilines is 1. The number of nitrogens with one attached hydrogen (secondary N) is 1. The summed E-state index contributed by atoms with van der Waals surface area (Å²) in [7, 11) is 0. The summed E-state index contributed by atoms with van der Waals surface area (Å²) in [6.45, 7) is 8.99. The minimum Gasteiger partial charge on any atom is -0.355 e. The summed E-state index contributed by atoms with van der Waals surface area (Å²) in [5.74, 6) is 0.551. The van der Waals surface area contributed by atoms with Gasteiger partial charge in [-0.05, 0) is 61.7 Å². The van der Waals surface area contributed by atoms with Crippen molar-refractivity contribution in [1.82, 2.24) is 25.0 Å². The number of aromatic nitrogens is 5. The van der Waals surface area contributed by atoms with Gasteiger partial charge in [0.25, 0.3) is 0 Å². The molecular weight excluding hydrogens is 367 g/mol. The van der Waals surface area contributed by atoms with Crippen LogP contribution in [-0.2, 0) is 0 Å². The van der Waals surface area contributed by atoms with Crippen molar-refractivity contribution in [2.75, 3.05) is 11.4 Å². The molecule has 1 aliphatic heterocycles. The van der Waals surface area contributed by atoms with Crippen molar-refractivity contribution in [3.8, 4) is 5.69 Å². The average molecular weight is 388 g/mol. The summed E-state index contributed by atoms with van der Waals surface area (Å²) in [6, 6.07) is 8.81. The van der Waals surface area contributed by atoms with Gasteiger partial charge in [0.15, 0.2) is 0 Å². The van der Waals surface area contributed by atoms with Crippen molar-refractivity contribution in [3.63, 3.8) is 0 Å². The summed E-state index contributed by atoms with van der Waals surface area (Å²) in [5.41, 5.74) is 6.89. The van der Waals surface area contributed by atoms with Crippen molar-refractivity contribution < 1.29 is 4.39 Å². The van der Waals surface area contributed by atoms with Gasteiger partial charge in [0.2, 0.25) is 0 Å². The maximum atomic E-state index is 14.2. The first kappa shape index (κ1) is 17.6. The van der Waals surface area contributed by atoms with Crippen molar-refractivity contribution >= 4 is 16.7 Å². The van der Waals surface area contributed by atoms with E-state index in [9.17, 15) is 4.39 Å². The fraction of sp³-hybridized carbons (Fsp3) is 0.227. The van der Waals surface area contributed by atoms with Gasteiger partial charge in [-0.2, -0.15) is 10.2 Å². The Kier molecular flexibility index (Phi) is 3.97. The predicted molar refractivity (Wildman–Crippen MR) is 111 cm³/mol. The first-order valence-electron chi connectivity index (χ1n) is 9.56. The van der Waals surface area contributed by atoms with Crippen LogP contribution in [0.3, 0.4) is 0 Å². The minimum absolute atomic E-state index is 0.0633. The Morgan fingerprint density at radius 1 is 1.07 bits per heavy atom. The third kappa shape index (κ3) is 2.99. The molecule has 29 heavy (non-hydrogen) atoms. The maximum absolute atomic E-state index is 14.2. The number of fused-ring (bicyclic) bond motifs is 1. The van der Waals surface area contributed by atoms with E-state index in [1.165, 1.54) is 28.1 Å². The van der Waals surface area contributed by atoms with Crippen LogP contribution in [0.15, 0.2) is 54.9 Å². The highest BCUT2D eigenvalue weighted by atomic mass is 19.1. The molecule has 0 radical (unpaired) electrons. The van der Waals surface area contributed by atoms with Crippen molar-refractivity contribution in [2.45, 2.75) is 26.3 Å². The lowest BCUT2D eigenvalue weighted by atomic mass is 10.1. The fourth-order valence-electron chi connectivity index (χ4n) is 3.98. The zero-order valence-corrected chi connectivity index (χ0v) is 16.4. The van der Waals surface area contributed by atoms with Crippen LogP contribution in [0.25, 0.3) is 16.7 Å². The highest BCUT2D eigenvalue weighted by Gasteiger charge is 2.33. The molecule has 5 rings (SSSR count). The highest BCUT2D eigenvalue weighted by molar-refractivity contribution is 5.77. The molecule has 2 aromatic heterocycles. The average Bonchev–Trinajstić information content (AvgIpc) is 3.41. The Morgan fingerprint density at radius 2 is 1.83 bits per heavy atom. The fourth-order valence-corrected chi connectivity index (χ4v) is 3.98. The molecule has 0 aliphatic carbocycles. The number of rotatable bonds is 3. The lowest BCUT2D eigenvalue weighted by Gasteiger charge is -2.27. The van der Waals surface area contributed by atoms with Gasteiger partial charge in [-0.25, -0.2) is 9.37 Å². The van der Waals surface area contributed by atoms with E-state index in [1.807, 2.05) is 0 Å². The van der Waals surface area contributed by atoms with Crippen molar-refractivity contribution in [2.24, 2.45) is 0 Å². The van der Waals surface area contributed by atoms with E-state index in [0.717, 1.165) is 40.2 Å². The second-order valence-electron chi connectivity index (χ2n) is 7.63. The van der Waals surface area contributed by atoms with Crippen LogP contribution < -0.4 is 4.90 Å². The van der Waals surface area contributed by atoms with Crippen molar-refractivity contribution in [1.29, 1.82) is 0 Å². The number of H-pyrrole nitrogens is 1. The summed E-state index contributed by atoms with van der Waals surface area (Å²) in [6.07, 6.45) is 3.97. The van der Waals surface area contributed by atoms with E-state index in [-0.39, 0.29) is 11.9 Å². The molecule has 7 heteroatoms. The zero-order chi connectivity index (χ0) is 20.1. The number of aryl methyl sites for hydroxylation is 2. The molecule has 0 amide bonds. The Labute approximate surface area is 167 Å². The van der Waals surface area contributed by atoms with Gasteiger partial charge in [0.1, 0.15) is 17.3 Å². The molecule has 0 saturated carbocycles. The summed E-state index contributed by atoms with van der Waals surface area (Å²) in [5, 5.41) is 8.46. The van der Waals surface area contributed by atoms with Gasteiger partial charge in [-0.1, -0.05) is 12.2 Å². The molecule has 6 nitrogen and oxygen atoms in total. The van der Waals surface area contributed by atoms with E-state index >= 15 is 0 Å². The van der Waals surface area contributed by atoms with Crippen LogP contribution in [0.5, 0.6) is 0 Å². The molecule has 146 valence electrons. The third-order valence-corrected chi connectivity index (χ3v) is 5.56. The number of aromatic amines is 1. The van der Waals surface area contributed by atoms with Crippen LogP contribution in [-0.4, -0.2) is 31.5 Å². The van der Waals surface area contributed by atoms with E-state index in [4.69, 9.17) is 4.98 Å². The van der Waals surface area contributed by atoms with Gasteiger partial charge in [-0.15, -0.1) is 4.80 Å². The lowest BCUT2D eigenvalue weighted by Crippen LogP contribution is -2.25. The molecule has 1 fully saturated rings. The SMILES string of the molecule is C=C1C[C@@H](c2nc3cc(C)c(C)cc3[nH]2)N(c2cc(F)ccc2-n2nccn2)C1. The van der Waals surface area contributed by atoms with Gasteiger partial charge in [0.05, 0.1) is 35.2 Å².